The number of hydrogen-bond acceptors (Lipinski definition) is 4. The fourth-order valence-electron chi connectivity index (χ4n) is 3.64. The number of piperidine rings is 1. The first-order chi connectivity index (χ1) is 11.5. The summed E-state index contributed by atoms with van der Waals surface area (Å²) in [6, 6.07) is 7.53. The Balaban J connectivity index is 2.07. The fourth-order valence-corrected chi connectivity index (χ4v) is 3.64. The van der Waals surface area contributed by atoms with Crippen LogP contribution in [0.15, 0.2) is 24.3 Å². The highest BCUT2D eigenvalue weighted by Gasteiger charge is 2.36. The summed E-state index contributed by atoms with van der Waals surface area (Å²) in [5, 5.41) is 18.8. The van der Waals surface area contributed by atoms with Gasteiger partial charge in [-0.25, -0.2) is 0 Å². The van der Waals surface area contributed by atoms with E-state index in [-0.39, 0.29) is 24.5 Å². The summed E-state index contributed by atoms with van der Waals surface area (Å²) < 4.78 is 0. The van der Waals surface area contributed by atoms with Gasteiger partial charge < -0.3 is 20.0 Å². The molecule has 24 heavy (non-hydrogen) atoms. The molecule has 1 aliphatic heterocycles. The molecule has 1 heterocycles. The molecule has 1 amide bonds. The molecule has 5 heteroatoms. The molecule has 134 valence electrons. The molecule has 0 spiro atoms. The first-order valence-corrected chi connectivity index (χ1v) is 8.87. The standard InChI is InChI=1S/C19H30N2O3/c1-3-9-19(15-23)10-4-11-21(14-19)18(24)16-5-7-17(8-6-16)20(2)12-13-22/h5-8,22-23H,3-4,9-15H2,1-2H3/t19-/m0/s1. The summed E-state index contributed by atoms with van der Waals surface area (Å²) in [5.41, 5.74) is 1.53. The quantitative estimate of drug-likeness (QED) is 0.802. The van der Waals surface area contributed by atoms with Crippen LogP contribution in [0.5, 0.6) is 0 Å². The smallest absolute Gasteiger partial charge is 0.253 e. The van der Waals surface area contributed by atoms with Crippen LogP contribution in [0.3, 0.4) is 0 Å². The molecule has 1 aromatic rings. The van der Waals surface area contributed by atoms with Crippen LogP contribution in [0.25, 0.3) is 0 Å². The molecule has 0 bridgehead atoms. The first kappa shape index (κ1) is 18.7. The van der Waals surface area contributed by atoms with Crippen LogP contribution >= 0.6 is 0 Å². The normalized spacial score (nSPS) is 20.9. The minimum absolute atomic E-state index is 0.0417. The number of aliphatic hydroxyl groups is 2. The second-order valence-corrected chi connectivity index (χ2v) is 6.93. The molecule has 1 saturated heterocycles. The van der Waals surface area contributed by atoms with Gasteiger partial charge in [-0.05, 0) is 43.5 Å². The maximum atomic E-state index is 12.8. The molecule has 2 N–H and O–H groups in total. The van der Waals surface area contributed by atoms with Gasteiger partial charge in [-0.1, -0.05) is 13.3 Å². The molecule has 0 saturated carbocycles. The molecule has 1 fully saturated rings. The van der Waals surface area contributed by atoms with Crippen molar-refractivity contribution in [2.45, 2.75) is 32.6 Å². The van der Waals surface area contributed by atoms with Gasteiger partial charge in [0.15, 0.2) is 0 Å². The zero-order valence-corrected chi connectivity index (χ0v) is 14.9. The Labute approximate surface area is 144 Å². The van der Waals surface area contributed by atoms with E-state index in [0.717, 1.165) is 37.9 Å². The summed E-state index contributed by atoms with van der Waals surface area (Å²) in [4.78, 5) is 16.6. The average molecular weight is 334 g/mol. The van der Waals surface area contributed by atoms with Crippen molar-refractivity contribution in [1.82, 2.24) is 4.90 Å². The van der Waals surface area contributed by atoms with Gasteiger partial charge in [0.05, 0.1) is 13.2 Å². The van der Waals surface area contributed by atoms with Gasteiger partial charge in [0, 0.05) is 43.3 Å². The van der Waals surface area contributed by atoms with Crippen LogP contribution in [0.4, 0.5) is 5.69 Å². The number of carbonyl (C=O) groups excluding carboxylic acids is 1. The van der Waals surface area contributed by atoms with Gasteiger partial charge in [0.1, 0.15) is 0 Å². The zero-order chi connectivity index (χ0) is 17.6. The molecule has 1 aromatic carbocycles. The van der Waals surface area contributed by atoms with Crippen LogP contribution in [0.2, 0.25) is 0 Å². The Kier molecular flexibility index (Phi) is 6.63. The lowest BCUT2D eigenvalue weighted by Crippen LogP contribution is -2.47. The van der Waals surface area contributed by atoms with E-state index >= 15 is 0 Å². The number of hydrogen-bond donors (Lipinski definition) is 2. The number of rotatable bonds is 7. The van der Waals surface area contributed by atoms with Crippen molar-refractivity contribution in [3.63, 3.8) is 0 Å². The average Bonchev–Trinajstić information content (AvgIpc) is 2.62. The largest absolute Gasteiger partial charge is 0.396 e. The number of aliphatic hydroxyl groups excluding tert-OH is 2. The van der Waals surface area contributed by atoms with Crippen LogP contribution in [0.1, 0.15) is 43.0 Å². The van der Waals surface area contributed by atoms with E-state index in [1.807, 2.05) is 41.1 Å². The zero-order valence-electron chi connectivity index (χ0n) is 14.9. The predicted molar refractivity (Wildman–Crippen MR) is 96.4 cm³/mol. The van der Waals surface area contributed by atoms with Gasteiger partial charge >= 0.3 is 0 Å². The molecule has 5 nitrogen and oxygen atoms in total. The number of benzene rings is 1. The third-order valence-electron chi connectivity index (χ3n) is 5.05. The molecule has 0 aliphatic carbocycles. The SMILES string of the molecule is CCC[C@]1(CO)CCCN(C(=O)c2ccc(N(C)CCO)cc2)C1. The number of likely N-dealkylation sites (N-methyl/N-ethyl adjacent to an activating group) is 1. The first-order valence-electron chi connectivity index (χ1n) is 8.87. The summed E-state index contributed by atoms with van der Waals surface area (Å²) in [6.07, 6.45) is 3.92. The Morgan fingerprint density at radius 3 is 2.58 bits per heavy atom. The summed E-state index contributed by atoms with van der Waals surface area (Å²) in [7, 11) is 1.91. The van der Waals surface area contributed by atoms with E-state index < -0.39 is 0 Å². The van der Waals surface area contributed by atoms with Crippen LogP contribution < -0.4 is 4.90 Å². The Bertz CT molecular complexity index is 528. The summed E-state index contributed by atoms with van der Waals surface area (Å²) in [6.45, 7) is 4.34. The lowest BCUT2D eigenvalue weighted by Gasteiger charge is -2.42. The third kappa shape index (κ3) is 4.28. The van der Waals surface area contributed by atoms with Crippen molar-refractivity contribution >= 4 is 11.6 Å². The van der Waals surface area contributed by atoms with Crippen molar-refractivity contribution in [3.05, 3.63) is 29.8 Å². The van der Waals surface area contributed by atoms with E-state index in [1.165, 1.54) is 0 Å². The lowest BCUT2D eigenvalue weighted by molar-refractivity contribution is 0.0222. The Morgan fingerprint density at radius 1 is 1.29 bits per heavy atom. The van der Waals surface area contributed by atoms with Crippen LogP contribution in [0, 0.1) is 5.41 Å². The maximum absolute atomic E-state index is 12.8. The number of nitrogens with zero attached hydrogens (tertiary/aromatic N) is 2. The molecular weight excluding hydrogens is 304 g/mol. The Morgan fingerprint density at radius 2 is 2.00 bits per heavy atom. The molecule has 1 aliphatic rings. The van der Waals surface area contributed by atoms with Gasteiger partial charge in [0.2, 0.25) is 0 Å². The predicted octanol–water partition coefficient (Wildman–Crippen LogP) is 2.13. The van der Waals surface area contributed by atoms with Crippen LogP contribution in [-0.2, 0) is 0 Å². The molecule has 0 radical (unpaired) electrons. The maximum Gasteiger partial charge on any atom is 0.253 e. The van der Waals surface area contributed by atoms with Crippen molar-refractivity contribution in [2.75, 3.05) is 44.8 Å². The highest BCUT2D eigenvalue weighted by atomic mass is 16.3. The summed E-state index contributed by atoms with van der Waals surface area (Å²) in [5.74, 6) is 0.0417. The monoisotopic (exact) mass is 334 g/mol. The number of carbonyl (C=O) groups is 1. The molecule has 0 aromatic heterocycles. The summed E-state index contributed by atoms with van der Waals surface area (Å²) >= 11 is 0. The van der Waals surface area contributed by atoms with Crippen molar-refractivity contribution in [3.8, 4) is 0 Å². The third-order valence-corrected chi connectivity index (χ3v) is 5.05. The van der Waals surface area contributed by atoms with Crippen molar-refractivity contribution in [1.29, 1.82) is 0 Å². The van der Waals surface area contributed by atoms with E-state index in [2.05, 4.69) is 6.92 Å². The number of likely N-dealkylation sites (tertiary alicyclic amines) is 1. The van der Waals surface area contributed by atoms with Crippen molar-refractivity contribution in [2.24, 2.45) is 5.41 Å². The van der Waals surface area contributed by atoms with Gasteiger partial charge in [-0.15, -0.1) is 0 Å². The molecular formula is C19H30N2O3. The second-order valence-electron chi connectivity index (χ2n) is 6.93. The van der Waals surface area contributed by atoms with Gasteiger partial charge in [-0.2, -0.15) is 0 Å². The molecule has 0 unspecified atom stereocenters. The second kappa shape index (κ2) is 8.49. The Hall–Kier alpha value is -1.59. The fraction of sp³-hybridized carbons (Fsp3) is 0.632. The van der Waals surface area contributed by atoms with Gasteiger partial charge in [0.25, 0.3) is 5.91 Å². The lowest BCUT2D eigenvalue weighted by atomic mass is 9.77. The number of amides is 1. The molecule has 1 atom stereocenters. The topological polar surface area (TPSA) is 64.0 Å². The van der Waals surface area contributed by atoms with E-state index in [0.29, 0.717) is 18.7 Å². The van der Waals surface area contributed by atoms with E-state index in [4.69, 9.17) is 5.11 Å². The minimum Gasteiger partial charge on any atom is -0.396 e. The minimum atomic E-state index is -0.135. The van der Waals surface area contributed by atoms with Gasteiger partial charge in [-0.3, -0.25) is 4.79 Å². The number of anilines is 1. The molecule has 2 rings (SSSR count). The van der Waals surface area contributed by atoms with E-state index in [9.17, 15) is 9.90 Å². The van der Waals surface area contributed by atoms with Crippen LogP contribution in [-0.4, -0.2) is 60.9 Å². The van der Waals surface area contributed by atoms with Crippen molar-refractivity contribution < 1.29 is 15.0 Å². The highest BCUT2D eigenvalue weighted by Crippen LogP contribution is 2.34. The van der Waals surface area contributed by atoms with E-state index in [1.54, 1.807) is 0 Å². The highest BCUT2D eigenvalue weighted by molar-refractivity contribution is 5.94.